The Labute approximate surface area is 430 Å². The number of likely N-dealkylation sites (N-methyl/N-ethyl adjacent to an activating group) is 1. The average Bonchev–Trinajstić information content (AvgIpc) is 3.37. The molecule has 0 bridgehead atoms. The van der Waals surface area contributed by atoms with Crippen LogP contribution in [0.4, 0.5) is 0 Å². The highest BCUT2D eigenvalue weighted by atomic mass is 16.5. The minimum absolute atomic E-state index is 0.0764. The molecule has 14 heteroatoms. The maximum atomic E-state index is 11.5. The van der Waals surface area contributed by atoms with Crippen LogP contribution in [0.5, 0.6) is 0 Å². The zero-order chi connectivity index (χ0) is 54.3. The van der Waals surface area contributed by atoms with E-state index in [2.05, 4.69) is 37.7 Å². The molecule has 0 aromatic carbocycles. The molecular formula is C56H113NO13. The fourth-order valence-electron chi connectivity index (χ4n) is 6.24. The van der Waals surface area contributed by atoms with Crippen molar-refractivity contribution in [3.05, 3.63) is 0 Å². The van der Waals surface area contributed by atoms with Crippen molar-refractivity contribution < 1.29 is 62.0 Å². The van der Waals surface area contributed by atoms with Gasteiger partial charge in [-0.15, -0.1) is 0 Å². The van der Waals surface area contributed by atoms with E-state index in [-0.39, 0.29) is 23.8 Å². The third kappa shape index (κ3) is 91.4. The van der Waals surface area contributed by atoms with Gasteiger partial charge < -0.3 is 57.7 Å². The van der Waals surface area contributed by atoms with E-state index in [1.54, 1.807) is 35.5 Å². The molecule has 1 N–H and O–H groups in total. The lowest BCUT2D eigenvalue weighted by Gasteiger charge is -2.12. The molecule has 2 atom stereocenters. The lowest BCUT2D eigenvalue weighted by molar-refractivity contribution is -0.145. The fraction of sp³-hybridized carbons (Fsp3) is 0.875. The first-order valence-corrected chi connectivity index (χ1v) is 27.1. The molecule has 0 aromatic rings. The zero-order valence-corrected chi connectivity index (χ0v) is 47.1. The van der Waals surface area contributed by atoms with E-state index in [9.17, 15) is 28.8 Å². The van der Waals surface area contributed by atoms with Crippen LogP contribution in [0.1, 0.15) is 227 Å². The number of unbranched alkanes of at least 4 members (excludes halogenated alkanes) is 20. The van der Waals surface area contributed by atoms with Gasteiger partial charge in [-0.2, -0.15) is 0 Å². The second kappa shape index (κ2) is 85.9. The van der Waals surface area contributed by atoms with Gasteiger partial charge in [0.05, 0.1) is 19.3 Å². The first kappa shape index (κ1) is 81.2. The monoisotopic (exact) mass is 1010 g/mol. The van der Waals surface area contributed by atoms with Crippen LogP contribution < -0.4 is 5.32 Å². The van der Waals surface area contributed by atoms with Crippen molar-refractivity contribution >= 4 is 44.4 Å². The summed E-state index contributed by atoms with van der Waals surface area (Å²) in [7, 11) is 8.70. The van der Waals surface area contributed by atoms with Crippen LogP contribution in [0.3, 0.4) is 0 Å². The molecule has 0 saturated heterocycles. The lowest BCUT2D eigenvalue weighted by Crippen LogP contribution is -2.34. The van der Waals surface area contributed by atoms with Crippen molar-refractivity contribution in [2.75, 3.05) is 75.1 Å². The van der Waals surface area contributed by atoms with E-state index >= 15 is 0 Å². The maximum Gasteiger partial charge on any atom is 0.306 e. The summed E-state index contributed by atoms with van der Waals surface area (Å²) in [5, 5.41) is 2.93. The van der Waals surface area contributed by atoms with Gasteiger partial charge in [0.25, 0.3) is 6.47 Å². The molecule has 0 radical (unpaired) electrons. The van der Waals surface area contributed by atoms with E-state index < -0.39 is 0 Å². The molecule has 0 fully saturated rings. The second-order valence-electron chi connectivity index (χ2n) is 17.1. The number of methoxy groups -OCH3 is 4. The van der Waals surface area contributed by atoms with E-state index in [0.29, 0.717) is 58.4 Å². The molecule has 0 amide bonds. The molecule has 0 aliphatic rings. The number of aldehydes is 4. The van der Waals surface area contributed by atoms with Gasteiger partial charge in [0.1, 0.15) is 38.5 Å². The van der Waals surface area contributed by atoms with Gasteiger partial charge >= 0.3 is 5.97 Å². The van der Waals surface area contributed by atoms with Crippen molar-refractivity contribution in [1.82, 2.24) is 5.32 Å². The van der Waals surface area contributed by atoms with Gasteiger partial charge in [0, 0.05) is 80.4 Å². The minimum atomic E-state index is -0.155. The number of nitrogens with one attached hydrogen (secondary N) is 1. The van der Waals surface area contributed by atoms with Crippen molar-refractivity contribution in [2.45, 2.75) is 233 Å². The molecule has 14 nitrogen and oxygen atoms in total. The Hall–Kier alpha value is -2.91. The number of esters is 1. The Morgan fingerprint density at radius 3 is 1.03 bits per heavy atom. The highest BCUT2D eigenvalue weighted by Crippen LogP contribution is 2.13. The van der Waals surface area contributed by atoms with Crippen molar-refractivity contribution in [3.63, 3.8) is 0 Å². The highest BCUT2D eigenvalue weighted by molar-refractivity contribution is 5.70. The average molecular weight is 1010 g/mol. The van der Waals surface area contributed by atoms with E-state index in [1.165, 1.54) is 141 Å². The van der Waals surface area contributed by atoms with Crippen LogP contribution in [0.25, 0.3) is 0 Å². The SMILES string of the molecule is C=O.CCCCCCCCOC.CCCCCCCCOC.CCCCCCCCOC.CCCCCCCCOC(=O)CC(CC)CC=O.CNC(COC)COC=O.O=CCC(CC=O)CC=O. The molecule has 70 heavy (non-hydrogen) atoms. The van der Waals surface area contributed by atoms with Gasteiger partial charge in [0.2, 0.25) is 0 Å². The van der Waals surface area contributed by atoms with Crippen LogP contribution in [0, 0.1) is 11.8 Å². The van der Waals surface area contributed by atoms with Gasteiger partial charge in [-0.3, -0.25) is 9.59 Å². The molecule has 0 heterocycles. The number of carbonyl (C=O) groups excluding carboxylic acids is 7. The third-order valence-corrected chi connectivity index (χ3v) is 10.8. The summed E-state index contributed by atoms with van der Waals surface area (Å²) in [4.78, 5) is 69.4. The Kier molecular flexibility index (Phi) is 99.6. The normalized spacial score (nSPS) is 10.7. The number of carbonyl (C=O) groups is 7. The first-order valence-electron chi connectivity index (χ1n) is 27.1. The van der Waals surface area contributed by atoms with Gasteiger partial charge in [-0.25, -0.2) is 0 Å². The molecular weight excluding hydrogens is 895 g/mol. The number of rotatable bonds is 45. The van der Waals surface area contributed by atoms with Crippen LogP contribution >= 0.6 is 0 Å². The molecule has 0 aliphatic heterocycles. The van der Waals surface area contributed by atoms with Crippen LogP contribution in [-0.4, -0.2) is 126 Å². The Bertz CT molecular complexity index is 875. The predicted octanol–water partition coefficient (Wildman–Crippen LogP) is 12.5. The van der Waals surface area contributed by atoms with Gasteiger partial charge in [-0.1, -0.05) is 169 Å². The van der Waals surface area contributed by atoms with E-state index in [1.807, 2.05) is 13.7 Å². The number of ether oxygens (including phenoxy) is 6. The third-order valence-electron chi connectivity index (χ3n) is 10.8. The molecule has 0 spiro atoms. The molecule has 420 valence electrons. The maximum absolute atomic E-state index is 11.5. The second-order valence-corrected chi connectivity index (χ2v) is 17.1. The predicted molar refractivity (Wildman–Crippen MR) is 289 cm³/mol. The smallest absolute Gasteiger partial charge is 0.306 e. The summed E-state index contributed by atoms with van der Waals surface area (Å²) >= 11 is 0. The van der Waals surface area contributed by atoms with Gasteiger partial charge in [-0.05, 0) is 44.6 Å². The van der Waals surface area contributed by atoms with Crippen LogP contribution in [-0.2, 0) is 62.0 Å². The highest BCUT2D eigenvalue weighted by Gasteiger charge is 2.12. The fourth-order valence-corrected chi connectivity index (χ4v) is 6.24. The summed E-state index contributed by atoms with van der Waals surface area (Å²) in [5.41, 5.74) is 0. The standard InChI is InChI=1S/C15H28O3.3C9H20O.C7H10O3.C6H13NO3.CH2O/c1-3-5-6-7-8-9-12-18-15(17)13-14(4-2)10-11-16;3*1-3-4-5-6-7-8-9-10-2;8-4-1-7(2-5-9)3-6-10;1-7-6(3-9-2)4-10-5-8;1-2/h11,14H,3-10,12-13H2,1-2H3;3*3-9H2,1-2H3;4-7H,1-3H2;5-7H,3-4H2,1-2H3;1H2. The molecule has 0 rings (SSSR count). The van der Waals surface area contributed by atoms with E-state index in [0.717, 1.165) is 64.2 Å². The van der Waals surface area contributed by atoms with Crippen molar-refractivity contribution in [1.29, 1.82) is 0 Å². The summed E-state index contributed by atoms with van der Waals surface area (Å²) in [5.74, 6) is -0.0793. The Morgan fingerprint density at radius 1 is 0.443 bits per heavy atom. The Balaban J connectivity index is -0.000000138. The van der Waals surface area contributed by atoms with Gasteiger partial charge in [0.15, 0.2) is 0 Å². The summed E-state index contributed by atoms with van der Waals surface area (Å²) in [6.45, 7) is 17.6. The largest absolute Gasteiger partial charge is 0.466 e. The number of hydrogen-bond acceptors (Lipinski definition) is 14. The minimum Gasteiger partial charge on any atom is -0.466 e. The topological polar surface area (TPSA) is 187 Å². The summed E-state index contributed by atoms with van der Waals surface area (Å²) < 4.78 is 29.4. The molecule has 2 unspecified atom stereocenters. The molecule has 0 saturated carbocycles. The molecule has 0 aromatic heterocycles. The lowest BCUT2D eigenvalue weighted by atomic mass is 9.99. The summed E-state index contributed by atoms with van der Waals surface area (Å²) in [6, 6.07) is 0.0928. The molecule has 0 aliphatic carbocycles. The Morgan fingerprint density at radius 2 is 0.757 bits per heavy atom. The first-order chi connectivity index (χ1) is 34.2. The van der Waals surface area contributed by atoms with Crippen molar-refractivity contribution in [2.24, 2.45) is 11.8 Å². The van der Waals surface area contributed by atoms with Crippen molar-refractivity contribution in [3.8, 4) is 0 Å². The number of hydrogen-bond donors (Lipinski definition) is 1. The van der Waals surface area contributed by atoms with Crippen LogP contribution in [0.15, 0.2) is 0 Å². The van der Waals surface area contributed by atoms with E-state index in [4.69, 9.17) is 28.5 Å². The quantitative estimate of drug-likeness (QED) is 0.0345. The van der Waals surface area contributed by atoms with Crippen LogP contribution in [0.2, 0.25) is 0 Å². The zero-order valence-electron chi connectivity index (χ0n) is 47.1. The summed E-state index contributed by atoms with van der Waals surface area (Å²) in [6.07, 6.45) is 37.1.